The van der Waals surface area contributed by atoms with Crippen molar-refractivity contribution >= 4 is 11.9 Å². The lowest BCUT2D eigenvalue weighted by atomic mass is 9.73. The third-order valence-electron chi connectivity index (χ3n) is 7.15. The first-order valence-electron chi connectivity index (χ1n) is 11.0. The van der Waals surface area contributed by atoms with Crippen LogP contribution < -0.4 is 14.8 Å². The zero-order valence-corrected chi connectivity index (χ0v) is 17.6. The Balaban J connectivity index is 1.15. The summed E-state index contributed by atoms with van der Waals surface area (Å²) in [6.45, 7) is 7.11. The first kappa shape index (κ1) is 19.6. The van der Waals surface area contributed by atoms with Gasteiger partial charge in [0.15, 0.2) is 11.5 Å². The monoisotopic (exact) mass is 414 g/mol. The summed E-state index contributed by atoms with van der Waals surface area (Å²) in [6, 6.07) is 5.87. The van der Waals surface area contributed by atoms with Crippen molar-refractivity contribution in [1.82, 2.24) is 20.0 Å². The summed E-state index contributed by atoms with van der Waals surface area (Å²) >= 11 is 0. The zero-order chi connectivity index (χ0) is 20.7. The van der Waals surface area contributed by atoms with Crippen molar-refractivity contribution in [3.63, 3.8) is 0 Å². The smallest absolute Gasteiger partial charge is 0.326 e. The summed E-state index contributed by atoms with van der Waals surface area (Å²) in [5.74, 6) is 1.80. The van der Waals surface area contributed by atoms with Gasteiger partial charge in [-0.25, -0.2) is 9.69 Å². The third kappa shape index (κ3) is 3.41. The molecule has 1 spiro atoms. The molecule has 0 radical (unpaired) electrons. The van der Waals surface area contributed by atoms with Gasteiger partial charge in [-0.3, -0.25) is 14.6 Å². The number of urea groups is 1. The van der Waals surface area contributed by atoms with E-state index >= 15 is 0 Å². The Hall–Kier alpha value is -2.32. The highest BCUT2D eigenvalue weighted by atomic mass is 16.7. The number of carbonyl (C=O) groups is 2. The molecule has 4 aliphatic rings. The molecule has 1 aromatic carbocycles. The Morgan fingerprint density at radius 2 is 1.83 bits per heavy atom. The van der Waals surface area contributed by atoms with Crippen LogP contribution in [0, 0.1) is 5.92 Å². The Kier molecular flexibility index (Phi) is 5.06. The van der Waals surface area contributed by atoms with Crippen LogP contribution in [0.5, 0.6) is 11.5 Å². The Bertz CT molecular complexity index is 838. The van der Waals surface area contributed by atoms with E-state index in [9.17, 15) is 9.59 Å². The van der Waals surface area contributed by atoms with E-state index < -0.39 is 5.54 Å². The van der Waals surface area contributed by atoms with Crippen LogP contribution in [0.4, 0.5) is 4.79 Å². The number of piperazine rings is 1. The van der Waals surface area contributed by atoms with Crippen LogP contribution in [0.3, 0.4) is 0 Å². The van der Waals surface area contributed by atoms with Crippen LogP contribution in [0.1, 0.15) is 38.2 Å². The van der Waals surface area contributed by atoms with Gasteiger partial charge in [0, 0.05) is 32.7 Å². The second-order valence-corrected chi connectivity index (χ2v) is 9.00. The fourth-order valence-corrected chi connectivity index (χ4v) is 5.21. The highest BCUT2D eigenvalue weighted by molar-refractivity contribution is 6.07. The molecule has 0 bridgehead atoms. The SMILES string of the molecule is CC1CCCCC12NC(=O)N(CN1CCN(Cc3ccc4c(c3)OCO4)CC1)C2=O. The van der Waals surface area contributed by atoms with E-state index in [0.29, 0.717) is 13.5 Å². The summed E-state index contributed by atoms with van der Waals surface area (Å²) in [5, 5.41) is 3.05. The van der Waals surface area contributed by atoms with E-state index in [4.69, 9.17) is 9.47 Å². The van der Waals surface area contributed by atoms with Gasteiger partial charge in [-0.1, -0.05) is 25.8 Å². The predicted octanol–water partition coefficient (Wildman–Crippen LogP) is 1.99. The molecule has 2 unspecified atom stereocenters. The van der Waals surface area contributed by atoms with Crippen LogP contribution in [0.15, 0.2) is 18.2 Å². The van der Waals surface area contributed by atoms with Gasteiger partial charge in [0.2, 0.25) is 6.79 Å². The van der Waals surface area contributed by atoms with Crippen LogP contribution in [-0.2, 0) is 11.3 Å². The summed E-state index contributed by atoms with van der Waals surface area (Å²) < 4.78 is 10.8. The van der Waals surface area contributed by atoms with E-state index in [1.54, 1.807) is 0 Å². The molecular formula is C22H30N4O4. The number of carbonyl (C=O) groups excluding carboxylic acids is 2. The Morgan fingerprint density at radius 3 is 2.63 bits per heavy atom. The van der Waals surface area contributed by atoms with Crippen molar-refractivity contribution in [2.24, 2.45) is 5.92 Å². The van der Waals surface area contributed by atoms with E-state index in [1.807, 2.05) is 12.1 Å². The summed E-state index contributed by atoms with van der Waals surface area (Å²) in [6.07, 6.45) is 3.90. The molecule has 1 N–H and O–H groups in total. The molecule has 1 aromatic rings. The highest BCUT2D eigenvalue weighted by Gasteiger charge is 2.55. The molecule has 5 rings (SSSR count). The van der Waals surface area contributed by atoms with E-state index in [2.05, 4.69) is 28.1 Å². The standard InChI is InChI=1S/C22H30N4O4/c1-16-4-2-3-7-22(16)20(27)26(21(28)23-22)14-25-10-8-24(9-11-25)13-17-5-6-18-19(12-17)30-15-29-18/h5-6,12,16H,2-4,7-11,13-15H2,1H3,(H,23,28). The number of fused-ring (bicyclic) bond motifs is 1. The normalized spacial score (nSPS) is 29.6. The maximum Gasteiger partial charge on any atom is 0.326 e. The largest absolute Gasteiger partial charge is 0.454 e. The van der Waals surface area contributed by atoms with Gasteiger partial charge in [-0.05, 0) is 36.5 Å². The summed E-state index contributed by atoms with van der Waals surface area (Å²) in [7, 11) is 0. The molecule has 30 heavy (non-hydrogen) atoms. The van der Waals surface area contributed by atoms with Crippen LogP contribution >= 0.6 is 0 Å². The van der Waals surface area contributed by atoms with Gasteiger partial charge in [-0.15, -0.1) is 0 Å². The van der Waals surface area contributed by atoms with Gasteiger partial charge < -0.3 is 14.8 Å². The van der Waals surface area contributed by atoms with Gasteiger partial charge in [0.25, 0.3) is 5.91 Å². The van der Waals surface area contributed by atoms with Crippen molar-refractivity contribution in [2.45, 2.75) is 44.7 Å². The lowest BCUT2D eigenvalue weighted by molar-refractivity contribution is -0.136. The number of hydrogen-bond acceptors (Lipinski definition) is 6. The fraction of sp³-hybridized carbons (Fsp3) is 0.636. The number of hydrogen-bond donors (Lipinski definition) is 1. The predicted molar refractivity (Wildman–Crippen MR) is 110 cm³/mol. The molecule has 2 atom stereocenters. The maximum atomic E-state index is 13.2. The van der Waals surface area contributed by atoms with Gasteiger partial charge in [-0.2, -0.15) is 0 Å². The number of nitrogens with one attached hydrogen (secondary N) is 1. The minimum absolute atomic E-state index is 0.0255. The van der Waals surface area contributed by atoms with Crippen LogP contribution in [-0.4, -0.2) is 71.8 Å². The van der Waals surface area contributed by atoms with E-state index in [-0.39, 0.29) is 17.9 Å². The molecule has 3 heterocycles. The van der Waals surface area contributed by atoms with Crippen molar-refractivity contribution in [1.29, 1.82) is 0 Å². The molecule has 3 aliphatic heterocycles. The lowest BCUT2D eigenvalue weighted by Crippen LogP contribution is -2.55. The number of rotatable bonds is 4. The Labute approximate surface area is 177 Å². The van der Waals surface area contributed by atoms with E-state index in [0.717, 1.165) is 69.9 Å². The van der Waals surface area contributed by atoms with Crippen molar-refractivity contribution in [3.05, 3.63) is 23.8 Å². The molecular weight excluding hydrogens is 384 g/mol. The molecule has 2 saturated heterocycles. The molecule has 3 amide bonds. The van der Waals surface area contributed by atoms with Crippen molar-refractivity contribution < 1.29 is 19.1 Å². The second kappa shape index (κ2) is 7.74. The number of nitrogens with zero attached hydrogens (tertiary/aromatic N) is 3. The number of benzene rings is 1. The van der Waals surface area contributed by atoms with Crippen LogP contribution in [0.2, 0.25) is 0 Å². The number of ether oxygens (including phenoxy) is 2. The van der Waals surface area contributed by atoms with Gasteiger partial charge >= 0.3 is 6.03 Å². The van der Waals surface area contributed by atoms with Gasteiger partial charge in [0.1, 0.15) is 5.54 Å². The third-order valence-corrected chi connectivity index (χ3v) is 7.15. The highest BCUT2D eigenvalue weighted by Crippen LogP contribution is 2.38. The molecule has 162 valence electrons. The maximum absolute atomic E-state index is 13.2. The summed E-state index contributed by atoms with van der Waals surface area (Å²) in [5.41, 5.74) is 0.534. The van der Waals surface area contributed by atoms with Gasteiger partial charge in [0.05, 0.1) is 6.67 Å². The second-order valence-electron chi connectivity index (χ2n) is 9.00. The molecule has 1 aliphatic carbocycles. The minimum Gasteiger partial charge on any atom is -0.454 e. The molecule has 3 fully saturated rings. The average molecular weight is 415 g/mol. The molecule has 8 heteroatoms. The van der Waals surface area contributed by atoms with Crippen LogP contribution in [0.25, 0.3) is 0 Å². The quantitative estimate of drug-likeness (QED) is 0.760. The lowest BCUT2D eigenvalue weighted by Gasteiger charge is -2.38. The first-order valence-corrected chi connectivity index (χ1v) is 11.0. The Morgan fingerprint density at radius 1 is 1.07 bits per heavy atom. The number of amides is 3. The first-order chi connectivity index (χ1) is 14.5. The topological polar surface area (TPSA) is 74.4 Å². The minimum atomic E-state index is -0.670. The molecule has 1 saturated carbocycles. The summed E-state index contributed by atoms with van der Waals surface area (Å²) in [4.78, 5) is 31.8. The zero-order valence-electron chi connectivity index (χ0n) is 17.6. The molecule has 8 nitrogen and oxygen atoms in total. The number of imide groups is 1. The van der Waals surface area contributed by atoms with Crippen molar-refractivity contribution in [3.8, 4) is 11.5 Å². The van der Waals surface area contributed by atoms with E-state index in [1.165, 1.54) is 10.5 Å². The fourth-order valence-electron chi connectivity index (χ4n) is 5.21. The average Bonchev–Trinajstić information content (AvgIpc) is 3.30. The van der Waals surface area contributed by atoms with Crippen molar-refractivity contribution in [2.75, 3.05) is 39.6 Å². The molecule has 0 aromatic heterocycles.